The molecule has 0 amide bonds. The predicted octanol–water partition coefficient (Wildman–Crippen LogP) is 2.86. The van der Waals surface area contributed by atoms with E-state index in [1.54, 1.807) is 18.4 Å². The summed E-state index contributed by atoms with van der Waals surface area (Å²) in [7, 11) is 1.73. The van der Waals surface area contributed by atoms with Crippen LogP contribution in [0.25, 0.3) is 0 Å². The van der Waals surface area contributed by atoms with Gasteiger partial charge in [0.1, 0.15) is 0 Å². The lowest BCUT2D eigenvalue weighted by atomic mass is 10.1. The smallest absolute Gasteiger partial charge is 0.0587 e. The van der Waals surface area contributed by atoms with E-state index in [0.717, 1.165) is 32.5 Å². The molecule has 90 valence electrons. The van der Waals surface area contributed by atoms with Crippen LogP contribution in [0.3, 0.4) is 0 Å². The second-order valence-electron chi connectivity index (χ2n) is 3.89. The third-order valence-corrected chi connectivity index (χ3v) is 3.09. The van der Waals surface area contributed by atoms with Gasteiger partial charge in [-0.15, -0.1) is 0 Å². The predicted molar refractivity (Wildman–Crippen MR) is 71.1 cm³/mol. The van der Waals surface area contributed by atoms with E-state index in [2.05, 4.69) is 35.1 Å². The third-order valence-electron chi connectivity index (χ3n) is 2.36. The minimum absolute atomic E-state index is 0.789. The Morgan fingerprint density at radius 3 is 3.06 bits per heavy atom. The number of nitrogens with one attached hydrogen (secondary N) is 1. The van der Waals surface area contributed by atoms with Gasteiger partial charge in [-0.1, -0.05) is 11.6 Å². The molecule has 0 unspecified atom stereocenters. The van der Waals surface area contributed by atoms with Crippen LogP contribution in [0.2, 0.25) is 0 Å². The van der Waals surface area contributed by atoms with Crippen LogP contribution >= 0.6 is 11.3 Å². The second kappa shape index (κ2) is 8.50. The van der Waals surface area contributed by atoms with E-state index in [0.29, 0.717) is 0 Å². The summed E-state index contributed by atoms with van der Waals surface area (Å²) in [5, 5.41) is 7.68. The maximum Gasteiger partial charge on any atom is 0.0587 e. The van der Waals surface area contributed by atoms with Gasteiger partial charge in [0.25, 0.3) is 0 Å². The van der Waals surface area contributed by atoms with Gasteiger partial charge in [0, 0.05) is 13.7 Å². The van der Waals surface area contributed by atoms with Gasteiger partial charge in [-0.25, -0.2) is 0 Å². The molecule has 0 bridgehead atoms. The van der Waals surface area contributed by atoms with Crippen molar-refractivity contribution in [2.75, 3.05) is 26.8 Å². The molecule has 0 spiro atoms. The molecule has 1 rings (SSSR count). The molecule has 0 fully saturated rings. The zero-order chi connectivity index (χ0) is 11.6. The van der Waals surface area contributed by atoms with Crippen LogP contribution in [0, 0.1) is 0 Å². The molecule has 16 heavy (non-hydrogen) atoms. The van der Waals surface area contributed by atoms with E-state index in [9.17, 15) is 0 Å². The summed E-state index contributed by atoms with van der Waals surface area (Å²) in [5.41, 5.74) is 2.87. The summed E-state index contributed by atoms with van der Waals surface area (Å²) in [6, 6.07) is 2.19. The first-order valence-electron chi connectivity index (χ1n) is 5.69. The summed E-state index contributed by atoms with van der Waals surface area (Å²) in [4.78, 5) is 0. The molecular weight excluding hydrogens is 218 g/mol. The summed E-state index contributed by atoms with van der Waals surface area (Å²) in [5.74, 6) is 0. The Balaban J connectivity index is 2.09. The Morgan fingerprint density at radius 2 is 2.38 bits per heavy atom. The van der Waals surface area contributed by atoms with Crippen LogP contribution in [-0.2, 0) is 11.2 Å². The minimum atomic E-state index is 0.789. The molecule has 1 N–H and O–H groups in total. The zero-order valence-corrected chi connectivity index (χ0v) is 11.0. The van der Waals surface area contributed by atoms with E-state index in [1.165, 1.54) is 11.1 Å². The van der Waals surface area contributed by atoms with E-state index in [1.807, 2.05) is 0 Å². The van der Waals surface area contributed by atoms with Crippen LogP contribution < -0.4 is 5.32 Å². The van der Waals surface area contributed by atoms with Gasteiger partial charge in [-0.05, 0) is 48.7 Å². The molecule has 0 saturated carbocycles. The average molecular weight is 239 g/mol. The molecular formula is C13H21NOS. The lowest BCUT2D eigenvalue weighted by Gasteiger charge is -2.02. The van der Waals surface area contributed by atoms with Crippen molar-refractivity contribution >= 4 is 11.3 Å². The lowest BCUT2D eigenvalue weighted by Crippen LogP contribution is -2.19. The van der Waals surface area contributed by atoms with E-state index in [-0.39, 0.29) is 0 Å². The van der Waals surface area contributed by atoms with Crippen molar-refractivity contribution in [2.45, 2.75) is 19.8 Å². The monoisotopic (exact) mass is 239 g/mol. The molecule has 0 radical (unpaired) electrons. The fourth-order valence-electron chi connectivity index (χ4n) is 1.51. The highest BCUT2D eigenvalue weighted by Gasteiger charge is 1.94. The first kappa shape index (κ1) is 13.4. The minimum Gasteiger partial charge on any atom is -0.383 e. The largest absolute Gasteiger partial charge is 0.383 e. The van der Waals surface area contributed by atoms with Crippen molar-refractivity contribution in [1.82, 2.24) is 5.32 Å². The standard InChI is InChI=1S/C13H21NOS/c1-12(10-13-5-9-16-11-13)4-3-6-14-7-8-15-2/h4-5,9,11,14H,3,6-8,10H2,1-2H3. The Labute approximate surface area is 102 Å². The van der Waals surface area contributed by atoms with Gasteiger partial charge < -0.3 is 10.1 Å². The number of allylic oxidation sites excluding steroid dienone is 1. The lowest BCUT2D eigenvalue weighted by molar-refractivity contribution is 0.199. The molecule has 1 heterocycles. The quantitative estimate of drug-likeness (QED) is 0.556. The number of thiophene rings is 1. The van der Waals surface area contributed by atoms with Crippen LogP contribution in [0.15, 0.2) is 28.5 Å². The van der Waals surface area contributed by atoms with Crippen molar-refractivity contribution in [3.05, 3.63) is 34.0 Å². The van der Waals surface area contributed by atoms with Gasteiger partial charge >= 0.3 is 0 Å². The van der Waals surface area contributed by atoms with Crippen LogP contribution in [-0.4, -0.2) is 26.8 Å². The fraction of sp³-hybridized carbons (Fsp3) is 0.538. The van der Waals surface area contributed by atoms with Crippen molar-refractivity contribution in [3.8, 4) is 0 Å². The second-order valence-corrected chi connectivity index (χ2v) is 4.67. The Bertz CT molecular complexity index is 293. The van der Waals surface area contributed by atoms with Gasteiger partial charge in [-0.3, -0.25) is 0 Å². The molecule has 1 aromatic rings. The SMILES string of the molecule is COCCNCCC=C(C)Cc1ccsc1. The van der Waals surface area contributed by atoms with Crippen LogP contribution in [0.5, 0.6) is 0 Å². The summed E-state index contributed by atoms with van der Waals surface area (Å²) in [6.07, 6.45) is 4.50. The van der Waals surface area contributed by atoms with Crippen LogP contribution in [0.4, 0.5) is 0 Å². The van der Waals surface area contributed by atoms with E-state index >= 15 is 0 Å². The van der Waals surface area contributed by atoms with E-state index < -0.39 is 0 Å². The normalized spacial score (nSPS) is 12.0. The molecule has 0 aliphatic rings. The van der Waals surface area contributed by atoms with Gasteiger partial charge in [0.15, 0.2) is 0 Å². The summed E-state index contributed by atoms with van der Waals surface area (Å²) < 4.78 is 4.96. The Kier molecular flexibility index (Phi) is 7.14. The van der Waals surface area contributed by atoms with Crippen molar-refractivity contribution in [3.63, 3.8) is 0 Å². The topological polar surface area (TPSA) is 21.3 Å². The van der Waals surface area contributed by atoms with Gasteiger partial charge in [0.2, 0.25) is 0 Å². The molecule has 0 saturated heterocycles. The Hall–Kier alpha value is -0.640. The molecule has 0 aromatic carbocycles. The highest BCUT2D eigenvalue weighted by molar-refractivity contribution is 7.07. The molecule has 3 heteroatoms. The summed E-state index contributed by atoms with van der Waals surface area (Å²) >= 11 is 1.77. The highest BCUT2D eigenvalue weighted by atomic mass is 32.1. The number of rotatable bonds is 8. The molecule has 1 aromatic heterocycles. The number of hydrogen-bond acceptors (Lipinski definition) is 3. The molecule has 0 aliphatic carbocycles. The number of ether oxygens (including phenoxy) is 1. The first-order chi connectivity index (χ1) is 7.83. The fourth-order valence-corrected chi connectivity index (χ4v) is 2.18. The van der Waals surface area contributed by atoms with E-state index in [4.69, 9.17) is 4.74 Å². The first-order valence-corrected chi connectivity index (χ1v) is 6.63. The zero-order valence-electron chi connectivity index (χ0n) is 10.2. The molecule has 2 nitrogen and oxygen atoms in total. The molecule has 0 aliphatic heterocycles. The van der Waals surface area contributed by atoms with Crippen molar-refractivity contribution in [1.29, 1.82) is 0 Å². The van der Waals surface area contributed by atoms with Crippen molar-refractivity contribution < 1.29 is 4.74 Å². The maximum atomic E-state index is 4.96. The van der Waals surface area contributed by atoms with Gasteiger partial charge in [-0.2, -0.15) is 11.3 Å². The number of hydrogen-bond donors (Lipinski definition) is 1. The number of methoxy groups -OCH3 is 1. The summed E-state index contributed by atoms with van der Waals surface area (Å²) in [6.45, 7) is 4.96. The highest BCUT2D eigenvalue weighted by Crippen LogP contribution is 2.11. The maximum absolute atomic E-state index is 4.96. The molecule has 0 atom stereocenters. The average Bonchev–Trinajstić information content (AvgIpc) is 2.76. The van der Waals surface area contributed by atoms with Crippen molar-refractivity contribution in [2.24, 2.45) is 0 Å². The van der Waals surface area contributed by atoms with Crippen LogP contribution in [0.1, 0.15) is 18.9 Å². The Morgan fingerprint density at radius 1 is 1.50 bits per heavy atom. The third kappa shape index (κ3) is 6.05. The van der Waals surface area contributed by atoms with Gasteiger partial charge in [0.05, 0.1) is 6.61 Å².